The molecule has 0 aliphatic heterocycles. The van der Waals surface area contributed by atoms with E-state index in [4.69, 9.17) is 11.6 Å². The first kappa shape index (κ1) is 33.2. The van der Waals surface area contributed by atoms with Gasteiger partial charge < -0.3 is 9.45 Å². The fourth-order valence-electron chi connectivity index (χ4n) is 4.85. The van der Waals surface area contributed by atoms with Gasteiger partial charge in [-0.15, -0.1) is 0 Å². The largest absolute Gasteiger partial charge is 0.760 e. The molecule has 9 nitrogen and oxygen atoms in total. The molecule has 2 aromatic heterocycles. The van der Waals surface area contributed by atoms with E-state index >= 15 is 0 Å². The molecular weight excluding hydrogens is 654 g/mol. The first-order valence-corrected chi connectivity index (χ1v) is 16.4. The van der Waals surface area contributed by atoms with Gasteiger partial charge in [0.05, 0.1) is 5.69 Å². The molecule has 1 atom stereocenters. The summed E-state index contributed by atoms with van der Waals surface area (Å²) in [5, 5.41) is 3.17. The van der Waals surface area contributed by atoms with Crippen LogP contribution in [0.5, 0.6) is 0 Å². The highest BCUT2D eigenvalue weighted by Crippen LogP contribution is 2.35. The quantitative estimate of drug-likeness (QED) is 0.133. The molecule has 0 saturated carbocycles. The first-order chi connectivity index (χ1) is 22.2. The standard InChI is InChI=1S/C32H29ClF2N6O3S2/c33-30-29(24-3-1-21(2-4-24)19-38-46(43)44)39-31(45-30)40-32(42)41(17-13-27-20-36-15-16-37-27)18-14-28(22-5-9-25(34)10-6-22)23-7-11-26(35)12-8-23/h1-12,15-16,20,28,38H,13-14,17-19H2,(H,43,44)(H,39,40,42)/p-1. The predicted octanol–water partition coefficient (Wildman–Crippen LogP) is 6.71. The van der Waals surface area contributed by atoms with Crippen LogP contribution in [0.2, 0.25) is 4.34 Å². The molecule has 238 valence electrons. The second kappa shape index (κ2) is 15.9. The molecular formula is C32H28ClF2N6O3S2-. The highest BCUT2D eigenvalue weighted by Gasteiger charge is 2.22. The minimum atomic E-state index is -2.37. The van der Waals surface area contributed by atoms with Gasteiger partial charge in [-0.2, -0.15) is 0 Å². The van der Waals surface area contributed by atoms with E-state index in [1.165, 1.54) is 24.3 Å². The Morgan fingerprint density at radius 2 is 1.61 bits per heavy atom. The molecule has 5 aromatic rings. The van der Waals surface area contributed by atoms with Crippen LogP contribution in [0.3, 0.4) is 0 Å². The van der Waals surface area contributed by atoms with Crippen LogP contribution in [0.1, 0.15) is 34.7 Å². The Labute approximate surface area is 276 Å². The lowest BCUT2D eigenvalue weighted by Gasteiger charge is -2.26. The fourth-order valence-corrected chi connectivity index (χ4v) is 6.21. The molecule has 0 aliphatic carbocycles. The van der Waals surface area contributed by atoms with Crippen LogP contribution in [0.4, 0.5) is 18.7 Å². The van der Waals surface area contributed by atoms with Crippen molar-refractivity contribution in [2.75, 3.05) is 18.4 Å². The zero-order valence-electron chi connectivity index (χ0n) is 24.2. The Morgan fingerprint density at radius 1 is 0.957 bits per heavy atom. The van der Waals surface area contributed by atoms with Crippen molar-refractivity contribution in [3.63, 3.8) is 0 Å². The number of carbonyl (C=O) groups is 1. The van der Waals surface area contributed by atoms with Gasteiger partial charge in [-0.3, -0.25) is 19.5 Å². The van der Waals surface area contributed by atoms with E-state index in [0.717, 1.165) is 28.0 Å². The molecule has 5 rings (SSSR count). The van der Waals surface area contributed by atoms with Gasteiger partial charge in [0.1, 0.15) is 21.7 Å². The van der Waals surface area contributed by atoms with Crippen molar-refractivity contribution in [1.82, 2.24) is 24.6 Å². The van der Waals surface area contributed by atoms with E-state index in [1.807, 2.05) is 0 Å². The molecule has 0 bridgehead atoms. The molecule has 0 aliphatic rings. The summed E-state index contributed by atoms with van der Waals surface area (Å²) in [5.41, 5.74) is 4.32. The lowest BCUT2D eigenvalue weighted by molar-refractivity contribution is 0.210. The highest BCUT2D eigenvalue weighted by atomic mass is 35.5. The maximum Gasteiger partial charge on any atom is 0.323 e. The minimum Gasteiger partial charge on any atom is -0.760 e. The van der Waals surface area contributed by atoms with Crippen molar-refractivity contribution < 1.29 is 22.3 Å². The number of benzene rings is 3. The summed E-state index contributed by atoms with van der Waals surface area (Å²) >= 11 is 5.27. The van der Waals surface area contributed by atoms with Gasteiger partial charge in [-0.05, 0) is 47.4 Å². The summed E-state index contributed by atoms with van der Waals surface area (Å²) in [6, 6.07) is 19.0. The molecule has 0 spiro atoms. The lowest BCUT2D eigenvalue weighted by atomic mass is 9.88. The van der Waals surface area contributed by atoms with Crippen LogP contribution in [-0.2, 0) is 24.2 Å². The number of aromatic nitrogens is 3. The number of amides is 2. The average molecular weight is 682 g/mol. The third kappa shape index (κ3) is 9.21. The maximum absolute atomic E-state index is 13.7. The number of urea groups is 1. The average Bonchev–Trinajstić information content (AvgIpc) is 3.43. The first-order valence-electron chi connectivity index (χ1n) is 14.2. The second-order valence-corrected chi connectivity index (χ2v) is 12.6. The molecule has 14 heteroatoms. The van der Waals surface area contributed by atoms with Crippen molar-refractivity contribution in [1.29, 1.82) is 0 Å². The summed E-state index contributed by atoms with van der Waals surface area (Å²) in [5.74, 6) is -0.961. The van der Waals surface area contributed by atoms with Gasteiger partial charge in [-0.25, -0.2) is 23.3 Å². The third-order valence-corrected chi connectivity index (χ3v) is 8.75. The molecule has 46 heavy (non-hydrogen) atoms. The SMILES string of the molecule is O=C(Nc1nc(-c2ccc(CNS(=O)[O-])cc2)c(Cl)s1)N(CCc1cnccn1)CCC(c1ccc(F)cc1)c1ccc(F)cc1. The number of halogens is 3. The van der Waals surface area contributed by atoms with E-state index < -0.39 is 17.3 Å². The van der Waals surface area contributed by atoms with Gasteiger partial charge >= 0.3 is 6.03 Å². The van der Waals surface area contributed by atoms with Crippen molar-refractivity contribution in [3.05, 3.63) is 130 Å². The number of thiazole rings is 1. The smallest absolute Gasteiger partial charge is 0.323 e. The van der Waals surface area contributed by atoms with Crippen LogP contribution >= 0.6 is 22.9 Å². The summed E-state index contributed by atoms with van der Waals surface area (Å²) in [4.78, 5) is 28.3. The van der Waals surface area contributed by atoms with Crippen molar-refractivity contribution in [2.45, 2.75) is 25.3 Å². The van der Waals surface area contributed by atoms with Crippen molar-refractivity contribution in [3.8, 4) is 11.3 Å². The van der Waals surface area contributed by atoms with Gasteiger partial charge in [0.2, 0.25) is 0 Å². The zero-order valence-corrected chi connectivity index (χ0v) is 26.6. The molecule has 0 radical (unpaired) electrons. The number of carbonyl (C=O) groups excluding carboxylic acids is 1. The highest BCUT2D eigenvalue weighted by molar-refractivity contribution is 7.77. The van der Waals surface area contributed by atoms with E-state index in [1.54, 1.807) is 72.0 Å². The molecule has 2 N–H and O–H groups in total. The van der Waals surface area contributed by atoms with Crippen LogP contribution in [-0.4, -0.2) is 47.7 Å². The normalized spacial score (nSPS) is 11.8. The molecule has 0 fully saturated rings. The topological polar surface area (TPSA) is 123 Å². The lowest BCUT2D eigenvalue weighted by Crippen LogP contribution is -2.38. The number of nitrogens with zero attached hydrogens (tertiary/aromatic N) is 4. The number of hydrogen-bond acceptors (Lipinski definition) is 7. The third-order valence-electron chi connectivity index (χ3n) is 7.20. The van der Waals surface area contributed by atoms with Crippen molar-refractivity contribution in [2.24, 2.45) is 0 Å². The Kier molecular flexibility index (Phi) is 11.5. The number of nitrogens with one attached hydrogen (secondary N) is 2. The molecule has 0 saturated heterocycles. The Balaban J connectivity index is 1.34. The predicted molar refractivity (Wildman–Crippen MR) is 174 cm³/mol. The Hall–Kier alpha value is -4.14. The monoisotopic (exact) mass is 681 g/mol. The van der Waals surface area contributed by atoms with Crippen LogP contribution < -0.4 is 10.0 Å². The van der Waals surface area contributed by atoms with Crippen LogP contribution in [0.25, 0.3) is 11.3 Å². The maximum atomic E-state index is 13.7. The summed E-state index contributed by atoms with van der Waals surface area (Å²) in [6.07, 6.45) is 5.73. The summed E-state index contributed by atoms with van der Waals surface area (Å²) in [6.45, 7) is 0.775. The van der Waals surface area contributed by atoms with E-state index in [2.05, 4.69) is 25.0 Å². The fraction of sp³-hybridized carbons (Fsp3) is 0.188. The number of anilines is 1. The molecule has 2 amide bonds. The Morgan fingerprint density at radius 3 is 2.20 bits per heavy atom. The minimum absolute atomic E-state index is 0.149. The molecule has 2 heterocycles. The Bertz CT molecular complexity index is 1720. The van der Waals surface area contributed by atoms with Crippen molar-refractivity contribution >= 4 is 45.4 Å². The van der Waals surface area contributed by atoms with Gasteiger partial charge in [0.25, 0.3) is 0 Å². The number of hydrogen-bond donors (Lipinski definition) is 2. The van der Waals surface area contributed by atoms with Gasteiger partial charge in [0, 0.05) is 67.4 Å². The van der Waals surface area contributed by atoms with E-state index in [-0.39, 0.29) is 24.1 Å². The second-order valence-electron chi connectivity index (χ2n) is 10.2. The van der Waals surface area contributed by atoms with Crippen LogP contribution in [0, 0.1) is 11.6 Å². The van der Waals surface area contributed by atoms with E-state index in [0.29, 0.717) is 52.4 Å². The number of rotatable bonds is 13. The summed E-state index contributed by atoms with van der Waals surface area (Å²) in [7, 11) is 0. The molecule has 1 unspecified atom stereocenters. The van der Waals surface area contributed by atoms with Gasteiger partial charge in [-0.1, -0.05) is 71.5 Å². The van der Waals surface area contributed by atoms with Crippen LogP contribution in [0.15, 0.2) is 91.4 Å². The summed E-state index contributed by atoms with van der Waals surface area (Å²) < 4.78 is 51.7. The van der Waals surface area contributed by atoms with Gasteiger partial charge in [0.15, 0.2) is 5.13 Å². The zero-order chi connectivity index (χ0) is 32.5. The molecule has 3 aromatic carbocycles. The van der Waals surface area contributed by atoms with E-state index in [9.17, 15) is 22.3 Å².